The molecule has 0 aliphatic carbocycles. The Kier molecular flexibility index (Phi) is 5.62. The highest BCUT2D eigenvalue weighted by molar-refractivity contribution is 7.80. The van der Waals surface area contributed by atoms with Crippen molar-refractivity contribution in [3.63, 3.8) is 0 Å². The van der Waals surface area contributed by atoms with Crippen molar-refractivity contribution in [2.24, 2.45) is 5.92 Å². The minimum Gasteiger partial charge on any atom is -0.375 e. The first-order valence-electron chi connectivity index (χ1n) is 5.61. The molecule has 1 aromatic carbocycles. The summed E-state index contributed by atoms with van der Waals surface area (Å²) in [5.74, 6) is 1.77. The van der Waals surface area contributed by atoms with Crippen LogP contribution in [0.5, 0.6) is 0 Å². The summed E-state index contributed by atoms with van der Waals surface area (Å²) in [5, 5.41) is 0. The molecular formula is C13H21NS. The van der Waals surface area contributed by atoms with E-state index in [0.29, 0.717) is 0 Å². The Balaban J connectivity index is 2.33. The van der Waals surface area contributed by atoms with E-state index in [2.05, 4.69) is 61.8 Å². The van der Waals surface area contributed by atoms with Gasteiger partial charge in [-0.15, -0.1) is 0 Å². The minimum atomic E-state index is 0.772. The molecule has 0 aliphatic rings. The Hall–Kier alpha value is -0.630. The van der Waals surface area contributed by atoms with Gasteiger partial charge < -0.3 is 4.90 Å². The lowest BCUT2D eigenvalue weighted by Crippen LogP contribution is -2.20. The summed E-state index contributed by atoms with van der Waals surface area (Å²) in [6.45, 7) is 3.42. The van der Waals surface area contributed by atoms with Crippen LogP contribution in [-0.4, -0.2) is 19.3 Å². The maximum Gasteiger partial charge on any atom is 0.0363 e. The number of benzene rings is 1. The summed E-state index contributed by atoms with van der Waals surface area (Å²) in [6, 6.07) is 10.5. The number of nitrogens with zero attached hydrogens (tertiary/aromatic N) is 1. The highest BCUT2D eigenvalue weighted by atomic mass is 32.1. The van der Waals surface area contributed by atoms with Gasteiger partial charge in [-0.1, -0.05) is 25.1 Å². The quantitative estimate of drug-likeness (QED) is 0.723. The highest BCUT2D eigenvalue weighted by Crippen LogP contribution is 2.14. The second kappa shape index (κ2) is 6.78. The third kappa shape index (κ3) is 4.61. The number of hydrogen-bond acceptors (Lipinski definition) is 2. The second-order valence-corrected chi connectivity index (χ2v) is 4.61. The van der Waals surface area contributed by atoms with E-state index >= 15 is 0 Å². The molecule has 0 amide bonds. The molecule has 0 fully saturated rings. The van der Waals surface area contributed by atoms with Crippen LogP contribution in [0.2, 0.25) is 0 Å². The summed E-state index contributed by atoms with van der Waals surface area (Å²) in [7, 11) is 2.16. The number of hydrogen-bond donors (Lipinski definition) is 1. The standard InChI is InChI=1S/C13H21NS/c1-12(9-11-15)8-10-14(2)13-6-4-3-5-7-13/h3-7,12,15H,8-11H2,1-2H3. The number of anilines is 1. The van der Waals surface area contributed by atoms with E-state index in [9.17, 15) is 0 Å². The van der Waals surface area contributed by atoms with Gasteiger partial charge >= 0.3 is 0 Å². The summed E-state index contributed by atoms with van der Waals surface area (Å²) in [4.78, 5) is 2.31. The minimum absolute atomic E-state index is 0.772. The van der Waals surface area contributed by atoms with Crippen LogP contribution in [0.1, 0.15) is 19.8 Å². The van der Waals surface area contributed by atoms with Crippen LogP contribution in [0, 0.1) is 5.92 Å². The van der Waals surface area contributed by atoms with E-state index in [1.165, 1.54) is 18.5 Å². The van der Waals surface area contributed by atoms with Gasteiger partial charge in [0, 0.05) is 19.3 Å². The molecule has 0 aliphatic heterocycles. The normalized spacial score (nSPS) is 12.5. The molecule has 84 valence electrons. The highest BCUT2D eigenvalue weighted by Gasteiger charge is 2.04. The van der Waals surface area contributed by atoms with Gasteiger partial charge in [0.15, 0.2) is 0 Å². The van der Waals surface area contributed by atoms with Crippen LogP contribution in [0.25, 0.3) is 0 Å². The lowest BCUT2D eigenvalue weighted by Gasteiger charge is -2.21. The maximum atomic E-state index is 4.26. The average Bonchev–Trinajstić information content (AvgIpc) is 2.27. The maximum absolute atomic E-state index is 4.26. The van der Waals surface area contributed by atoms with Crippen LogP contribution in [0.4, 0.5) is 5.69 Å². The molecule has 0 spiro atoms. The van der Waals surface area contributed by atoms with Gasteiger partial charge in [0.05, 0.1) is 0 Å². The zero-order chi connectivity index (χ0) is 11.1. The molecule has 0 saturated carbocycles. The molecule has 1 rings (SSSR count). The molecule has 1 atom stereocenters. The molecule has 15 heavy (non-hydrogen) atoms. The molecular weight excluding hydrogens is 202 g/mol. The number of para-hydroxylation sites is 1. The summed E-state index contributed by atoms with van der Waals surface area (Å²) in [6.07, 6.45) is 2.46. The van der Waals surface area contributed by atoms with E-state index in [0.717, 1.165) is 18.2 Å². The van der Waals surface area contributed by atoms with Gasteiger partial charge in [0.1, 0.15) is 0 Å². The fourth-order valence-corrected chi connectivity index (χ4v) is 2.03. The second-order valence-electron chi connectivity index (χ2n) is 4.16. The molecule has 0 saturated heterocycles. The Bertz CT molecular complexity index is 260. The first-order valence-corrected chi connectivity index (χ1v) is 6.24. The predicted molar refractivity (Wildman–Crippen MR) is 72.0 cm³/mol. The fourth-order valence-electron chi connectivity index (χ4n) is 1.59. The predicted octanol–water partition coefficient (Wildman–Crippen LogP) is 3.47. The zero-order valence-electron chi connectivity index (χ0n) is 9.69. The van der Waals surface area contributed by atoms with Crippen molar-refractivity contribution in [2.45, 2.75) is 19.8 Å². The van der Waals surface area contributed by atoms with Crippen molar-refractivity contribution >= 4 is 18.3 Å². The van der Waals surface area contributed by atoms with Crippen LogP contribution in [0.3, 0.4) is 0 Å². The van der Waals surface area contributed by atoms with E-state index in [1.54, 1.807) is 0 Å². The van der Waals surface area contributed by atoms with Crippen molar-refractivity contribution < 1.29 is 0 Å². The van der Waals surface area contributed by atoms with Crippen LogP contribution in [-0.2, 0) is 0 Å². The molecule has 2 heteroatoms. The summed E-state index contributed by atoms with van der Waals surface area (Å²) < 4.78 is 0. The lowest BCUT2D eigenvalue weighted by atomic mass is 10.1. The Morgan fingerprint density at radius 2 is 1.87 bits per heavy atom. The first-order chi connectivity index (χ1) is 7.24. The van der Waals surface area contributed by atoms with Crippen molar-refractivity contribution in [3.8, 4) is 0 Å². The summed E-state index contributed by atoms with van der Waals surface area (Å²) >= 11 is 4.26. The molecule has 1 unspecified atom stereocenters. The van der Waals surface area contributed by atoms with Gasteiger partial charge in [-0.2, -0.15) is 12.6 Å². The van der Waals surface area contributed by atoms with Crippen molar-refractivity contribution in [1.29, 1.82) is 0 Å². The molecule has 1 nitrogen and oxygen atoms in total. The van der Waals surface area contributed by atoms with Gasteiger partial charge in [-0.3, -0.25) is 0 Å². The van der Waals surface area contributed by atoms with Gasteiger partial charge in [0.2, 0.25) is 0 Å². The Labute approximate surface area is 98.9 Å². The van der Waals surface area contributed by atoms with Crippen molar-refractivity contribution in [3.05, 3.63) is 30.3 Å². The zero-order valence-corrected chi connectivity index (χ0v) is 10.6. The molecule has 0 bridgehead atoms. The van der Waals surface area contributed by atoms with Crippen LogP contribution >= 0.6 is 12.6 Å². The van der Waals surface area contributed by atoms with Crippen LogP contribution < -0.4 is 4.90 Å². The smallest absolute Gasteiger partial charge is 0.0363 e. The Morgan fingerprint density at radius 3 is 2.47 bits per heavy atom. The lowest BCUT2D eigenvalue weighted by molar-refractivity contribution is 0.522. The van der Waals surface area contributed by atoms with E-state index < -0.39 is 0 Å². The van der Waals surface area contributed by atoms with Crippen molar-refractivity contribution in [2.75, 3.05) is 24.2 Å². The summed E-state index contributed by atoms with van der Waals surface area (Å²) in [5.41, 5.74) is 1.30. The molecule has 0 N–H and O–H groups in total. The largest absolute Gasteiger partial charge is 0.375 e. The molecule has 0 radical (unpaired) electrons. The first kappa shape index (κ1) is 12.4. The van der Waals surface area contributed by atoms with Gasteiger partial charge in [-0.05, 0) is 36.6 Å². The topological polar surface area (TPSA) is 3.24 Å². The monoisotopic (exact) mass is 223 g/mol. The van der Waals surface area contributed by atoms with E-state index in [-0.39, 0.29) is 0 Å². The SMILES string of the molecule is CC(CCS)CCN(C)c1ccccc1. The molecule has 1 aromatic rings. The molecule has 0 aromatic heterocycles. The van der Waals surface area contributed by atoms with Crippen molar-refractivity contribution in [1.82, 2.24) is 0 Å². The third-order valence-electron chi connectivity index (χ3n) is 2.78. The molecule has 0 heterocycles. The Morgan fingerprint density at radius 1 is 1.20 bits per heavy atom. The number of thiol groups is 1. The van der Waals surface area contributed by atoms with E-state index in [4.69, 9.17) is 0 Å². The fraction of sp³-hybridized carbons (Fsp3) is 0.538. The average molecular weight is 223 g/mol. The number of rotatable bonds is 6. The third-order valence-corrected chi connectivity index (χ3v) is 3.03. The van der Waals surface area contributed by atoms with Gasteiger partial charge in [-0.25, -0.2) is 0 Å². The van der Waals surface area contributed by atoms with E-state index in [1.807, 2.05) is 0 Å². The van der Waals surface area contributed by atoms with Crippen LogP contribution in [0.15, 0.2) is 30.3 Å². The van der Waals surface area contributed by atoms with Gasteiger partial charge in [0.25, 0.3) is 0 Å².